The van der Waals surface area contributed by atoms with Crippen LogP contribution < -0.4 is 15.5 Å². The number of nitrogens with one attached hydrogen (secondary N) is 3. The first-order valence-corrected chi connectivity index (χ1v) is 9.51. The van der Waals surface area contributed by atoms with Crippen molar-refractivity contribution < 1.29 is 19.4 Å². The van der Waals surface area contributed by atoms with Gasteiger partial charge in [0.05, 0.1) is 12.0 Å². The van der Waals surface area contributed by atoms with Crippen molar-refractivity contribution in [2.75, 3.05) is 24.2 Å². The molecule has 0 spiro atoms. The summed E-state index contributed by atoms with van der Waals surface area (Å²) < 4.78 is 0. The maximum absolute atomic E-state index is 12.6. The standard InChI is InChI=1S/C22H22N4O4/c1-15(22(28)24-19-11-5-6-13-20(19)26(29)30)25(2)14-21(27)23-18-12-7-9-16-8-3-4-10-17(16)18/h3-13,15H,14H2,1-2H3,(H,23,27)(H,24,28)/p+1/t15-/m0/s1. The van der Waals surface area contributed by atoms with Gasteiger partial charge in [-0.05, 0) is 24.4 Å². The SMILES string of the molecule is C[C@@H](C(=O)Nc1ccccc1[N+](=O)[O-])[NH+](C)CC(=O)Nc1cccc2ccccc12. The van der Waals surface area contributed by atoms with E-state index < -0.39 is 16.9 Å². The van der Waals surface area contributed by atoms with Gasteiger partial charge in [0, 0.05) is 17.1 Å². The Hall–Kier alpha value is -3.78. The molecule has 0 heterocycles. The second-order valence-electron chi connectivity index (χ2n) is 7.08. The average Bonchev–Trinajstić information content (AvgIpc) is 2.73. The van der Waals surface area contributed by atoms with Crippen molar-refractivity contribution in [3.05, 3.63) is 76.8 Å². The van der Waals surface area contributed by atoms with Gasteiger partial charge >= 0.3 is 0 Å². The minimum absolute atomic E-state index is 0.0642. The number of fused-ring (bicyclic) bond motifs is 1. The van der Waals surface area contributed by atoms with Crippen LogP contribution >= 0.6 is 0 Å². The van der Waals surface area contributed by atoms with Crippen LogP contribution in [0, 0.1) is 10.1 Å². The molecule has 3 aromatic rings. The van der Waals surface area contributed by atoms with Gasteiger partial charge < -0.3 is 15.5 Å². The summed E-state index contributed by atoms with van der Waals surface area (Å²) in [5.41, 5.74) is 0.666. The molecule has 0 aliphatic heterocycles. The molecule has 0 aromatic heterocycles. The van der Waals surface area contributed by atoms with Gasteiger partial charge in [0.25, 0.3) is 17.5 Å². The third kappa shape index (κ3) is 4.79. The molecular formula is C22H23N4O4+. The molecule has 0 saturated heterocycles. The Morgan fingerprint density at radius 3 is 2.37 bits per heavy atom. The van der Waals surface area contributed by atoms with Gasteiger partial charge in [0.15, 0.2) is 12.6 Å². The van der Waals surface area contributed by atoms with E-state index in [4.69, 9.17) is 0 Å². The van der Waals surface area contributed by atoms with Gasteiger partial charge in [-0.15, -0.1) is 0 Å². The molecule has 0 fully saturated rings. The highest BCUT2D eigenvalue weighted by Crippen LogP contribution is 2.23. The molecule has 8 nitrogen and oxygen atoms in total. The van der Waals surface area contributed by atoms with Gasteiger partial charge in [-0.1, -0.05) is 48.5 Å². The summed E-state index contributed by atoms with van der Waals surface area (Å²) in [6, 6.07) is 18.8. The Morgan fingerprint density at radius 1 is 0.967 bits per heavy atom. The number of anilines is 2. The number of likely N-dealkylation sites (N-methyl/N-ethyl adjacent to an activating group) is 1. The van der Waals surface area contributed by atoms with Crippen LogP contribution in [-0.4, -0.2) is 36.4 Å². The van der Waals surface area contributed by atoms with E-state index in [0.717, 1.165) is 10.8 Å². The number of carbonyl (C=O) groups is 2. The Bertz CT molecular complexity index is 1090. The second kappa shape index (κ2) is 9.15. The van der Waals surface area contributed by atoms with Crippen LogP contribution in [0.3, 0.4) is 0 Å². The zero-order valence-corrected chi connectivity index (χ0v) is 16.7. The fraction of sp³-hybridized carbons (Fsp3) is 0.182. The number of benzene rings is 3. The first-order chi connectivity index (χ1) is 14.4. The summed E-state index contributed by atoms with van der Waals surface area (Å²) >= 11 is 0. The van der Waals surface area contributed by atoms with Crippen molar-refractivity contribution in [3.63, 3.8) is 0 Å². The van der Waals surface area contributed by atoms with Crippen LogP contribution in [0.15, 0.2) is 66.7 Å². The minimum atomic E-state index is -0.594. The maximum Gasteiger partial charge on any atom is 0.292 e. The highest BCUT2D eigenvalue weighted by atomic mass is 16.6. The van der Waals surface area contributed by atoms with Crippen molar-refractivity contribution in [3.8, 4) is 0 Å². The lowest BCUT2D eigenvalue weighted by molar-refractivity contribution is -0.885. The number of hydrogen-bond acceptors (Lipinski definition) is 4. The number of rotatable bonds is 7. The zero-order chi connectivity index (χ0) is 21.7. The first kappa shape index (κ1) is 20.9. The van der Waals surface area contributed by atoms with Gasteiger partial charge in [0.1, 0.15) is 5.69 Å². The summed E-state index contributed by atoms with van der Waals surface area (Å²) in [6.45, 7) is 1.74. The molecule has 2 amide bonds. The molecule has 154 valence electrons. The Morgan fingerprint density at radius 2 is 1.60 bits per heavy atom. The molecule has 0 aliphatic rings. The van der Waals surface area contributed by atoms with Crippen molar-refractivity contribution in [1.82, 2.24) is 0 Å². The van der Waals surface area contributed by atoms with Crippen LogP contribution in [0.5, 0.6) is 0 Å². The van der Waals surface area contributed by atoms with Crippen molar-refractivity contribution in [2.45, 2.75) is 13.0 Å². The number of para-hydroxylation sites is 2. The summed E-state index contributed by atoms with van der Waals surface area (Å²) in [6.07, 6.45) is 0. The number of nitrogens with zero attached hydrogens (tertiary/aromatic N) is 1. The van der Waals surface area contributed by atoms with Crippen molar-refractivity contribution in [2.24, 2.45) is 0 Å². The molecule has 0 bridgehead atoms. The molecule has 0 radical (unpaired) electrons. The zero-order valence-electron chi connectivity index (χ0n) is 16.7. The first-order valence-electron chi connectivity index (χ1n) is 9.51. The fourth-order valence-electron chi connectivity index (χ4n) is 3.14. The summed E-state index contributed by atoms with van der Waals surface area (Å²) in [5, 5.41) is 18.6. The summed E-state index contributed by atoms with van der Waals surface area (Å²) in [5.74, 6) is -0.631. The number of carbonyl (C=O) groups excluding carboxylic acids is 2. The molecule has 3 N–H and O–H groups in total. The molecule has 8 heteroatoms. The van der Waals surface area contributed by atoms with E-state index in [-0.39, 0.29) is 23.8 Å². The van der Waals surface area contributed by atoms with E-state index in [1.165, 1.54) is 18.2 Å². The number of amides is 2. The average molecular weight is 407 g/mol. The number of quaternary nitrogens is 1. The van der Waals surface area contributed by atoms with Gasteiger partial charge in [-0.3, -0.25) is 19.7 Å². The van der Waals surface area contributed by atoms with Crippen LogP contribution in [0.1, 0.15) is 6.92 Å². The van der Waals surface area contributed by atoms with Gasteiger partial charge in [-0.2, -0.15) is 0 Å². The van der Waals surface area contributed by atoms with Crippen LogP contribution in [0.25, 0.3) is 10.8 Å². The Labute approximate surface area is 173 Å². The quantitative estimate of drug-likeness (QED) is 0.412. The molecule has 3 aromatic carbocycles. The number of hydrogen-bond donors (Lipinski definition) is 3. The molecule has 0 saturated carbocycles. The fourth-order valence-corrected chi connectivity index (χ4v) is 3.14. The highest BCUT2D eigenvalue weighted by Gasteiger charge is 2.26. The Kier molecular flexibility index (Phi) is 6.38. The molecule has 3 rings (SSSR count). The van der Waals surface area contributed by atoms with E-state index in [9.17, 15) is 19.7 Å². The van der Waals surface area contributed by atoms with Crippen LogP contribution in [0.4, 0.5) is 17.1 Å². The van der Waals surface area contributed by atoms with E-state index >= 15 is 0 Å². The minimum Gasteiger partial charge on any atom is -0.321 e. The largest absolute Gasteiger partial charge is 0.321 e. The van der Waals surface area contributed by atoms with E-state index in [2.05, 4.69) is 10.6 Å². The van der Waals surface area contributed by atoms with Gasteiger partial charge in [-0.25, -0.2) is 0 Å². The topological polar surface area (TPSA) is 106 Å². The van der Waals surface area contributed by atoms with E-state index in [1.54, 1.807) is 20.0 Å². The predicted molar refractivity (Wildman–Crippen MR) is 116 cm³/mol. The number of nitro benzene ring substituents is 1. The third-order valence-corrected chi connectivity index (χ3v) is 4.99. The van der Waals surface area contributed by atoms with Crippen molar-refractivity contribution >= 4 is 39.6 Å². The summed E-state index contributed by atoms with van der Waals surface area (Å²) in [4.78, 5) is 36.3. The van der Waals surface area contributed by atoms with E-state index in [1.807, 2.05) is 42.5 Å². The molecular weight excluding hydrogens is 384 g/mol. The van der Waals surface area contributed by atoms with Gasteiger partial charge in [0.2, 0.25) is 0 Å². The van der Waals surface area contributed by atoms with Crippen LogP contribution in [-0.2, 0) is 9.59 Å². The highest BCUT2D eigenvalue weighted by molar-refractivity contribution is 6.02. The molecule has 30 heavy (non-hydrogen) atoms. The predicted octanol–water partition coefficient (Wildman–Crippen LogP) is 2.23. The molecule has 1 unspecified atom stereocenters. The lowest BCUT2D eigenvalue weighted by Crippen LogP contribution is -3.14. The second-order valence-corrected chi connectivity index (χ2v) is 7.08. The smallest absolute Gasteiger partial charge is 0.292 e. The lowest BCUT2D eigenvalue weighted by atomic mass is 10.1. The Balaban J connectivity index is 1.63. The molecule has 2 atom stereocenters. The maximum atomic E-state index is 12.6. The normalized spacial score (nSPS) is 12.7. The molecule has 0 aliphatic carbocycles. The summed E-state index contributed by atoms with van der Waals surface area (Å²) in [7, 11) is 1.73. The van der Waals surface area contributed by atoms with Crippen molar-refractivity contribution in [1.29, 1.82) is 0 Å². The number of nitro groups is 1. The van der Waals surface area contributed by atoms with E-state index in [0.29, 0.717) is 10.6 Å². The van der Waals surface area contributed by atoms with Crippen LogP contribution in [0.2, 0.25) is 0 Å². The monoisotopic (exact) mass is 407 g/mol. The lowest BCUT2D eigenvalue weighted by Gasteiger charge is -2.20. The third-order valence-electron chi connectivity index (χ3n) is 4.99.